The maximum absolute atomic E-state index is 12.9. The molecule has 1 aromatic heterocycles. The van der Waals surface area contributed by atoms with E-state index in [1.54, 1.807) is 20.1 Å². The number of aromatic nitrogens is 2. The third-order valence-electron chi connectivity index (χ3n) is 2.91. The van der Waals surface area contributed by atoms with Gasteiger partial charge in [-0.25, -0.2) is 9.62 Å². The molecule has 0 aliphatic carbocycles. The number of thioether (sulfide) groups is 1. The zero-order chi connectivity index (χ0) is 15.6. The maximum Gasteiger partial charge on any atom is 0.417 e. The van der Waals surface area contributed by atoms with E-state index in [9.17, 15) is 13.2 Å². The lowest BCUT2D eigenvalue weighted by Gasteiger charge is -2.15. The summed E-state index contributed by atoms with van der Waals surface area (Å²) in [5.74, 6) is 0.306. The van der Waals surface area contributed by atoms with Gasteiger partial charge in [0.25, 0.3) is 0 Å². The van der Waals surface area contributed by atoms with Gasteiger partial charge in [0, 0.05) is 11.1 Å². The van der Waals surface area contributed by atoms with Crippen molar-refractivity contribution in [1.29, 1.82) is 0 Å². The van der Waals surface area contributed by atoms with Crippen LogP contribution in [0.3, 0.4) is 0 Å². The van der Waals surface area contributed by atoms with Crippen LogP contribution in [0.2, 0.25) is 0 Å². The van der Waals surface area contributed by atoms with Crippen molar-refractivity contribution in [3.8, 4) is 0 Å². The molecule has 0 amide bonds. The third-order valence-corrected chi connectivity index (χ3v) is 3.85. The largest absolute Gasteiger partial charge is 0.417 e. The van der Waals surface area contributed by atoms with Crippen molar-refractivity contribution >= 4 is 23.8 Å². The minimum absolute atomic E-state index is 0.196. The monoisotopic (exact) mass is 315 g/mol. The van der Waals surface area contributed by atoms with Gasteiger partial charge in [0.1, 0.15) is 5.69 Å². The number of alkyl halides is 3. The second kappa shape index (κ2) is 5.88. The highest BCUT2D eigenvalue weighted by Crippen LogP contribution is 2.38. The van der Waals surface area contributed by atoms with E-state index in [0.29, 0.717) is 22.6 Å². The number of hydrogen-bond acceptors (Lipinski definition) is 5. The fourth-order valence-electron chi connectivity index (χ4n) is 1.81. The number of nitrogens with zero attached hydrogens (tertiary/aromatic N) is 3. The minimum Gasteiger partial charge on any atom is -0.242 e. The fourth-order valence-corrected chi connectivity index (χ4v) is 2.64. The van der Waals surface area contributed by atoms with Gasteiger partial charge in [0.05, 0.1) is 5.56 Å². The van der Waals surface area contributed by atoms with Crippen LogP contribution in [0.5, 0.6) is 0 Å². The highest BCUT2D eigenvalue weighted by Gasteiger charge is 2.34. The molecule has 0 spiro atoms. The molecular formula is C13H12F3N3OS. The zero-order valence-corrected chi connectivity index (χ0v) is 12.3. The van der Waals surface area contributed by atoms with Crippen LogP contribution in [-0.2, 0) is 6.18 Å². The van der Waals surface area contributed by atoms with Crippen LogP contribution in [0, 0.1) is 13.8 Å². The zero-order valence-electron chi connectivity index (χ0n) is 11.5. The van der Waals surface area contributed by atoms with E-state index < -0.39 is 11.7 Å². The first-order chi connectivity index (χ1) is 9.84. The second-order valence-corrected chi connectivity index (χ2v) is 5.11. The van der Waals surface area contributed by atoms with Gasteiger partial charge in [0.15, 0.2) is 0 Å². The number of aryl methyl sites for hydroxylation is 1. The molecular weight excluding hydrogens is 303 g/mol. The molecule has 4 nitrogen and oxygen atoms in total. The molecule has 0 fully saturated rings. The van der Waals surface area contributed by atoms with Crippen LogP contribution in [-0.4, -0.2) is 22.8 Å². The Kier molecular flexibility index (Phi) is 4.36. The average molecular weight is 315 g/mol. The van der Waals surface area contributed by atoms with Gasteiger partial charge in [0.2, 0.25) is 5.82 Å². The highest BCUT2D eigenvalue weighted by molar-refractivity contribution is 7.98. The number of hydrogen-bond donors (Lipinski definition) is 0. The summed E-state index contributed by atoms with van der Waals surface area (Å²) >= 11 is 1.06. The Balaban J connectivity index is 2.43. The quantitative estimate of drug-likeness (QED) is 0.630. The highest BCUT2D eigenvalue weighted by atomic mass is 32.2. The molecule has 0 aliphatic rings. The van der Waals surface area contributed by atoms with Crippen molar-refractivity contribution in [1.82, 2.24) is 10.3 Å². The van der Waals surface area contributed by atoms with Crippen molar-refractivity contribution < 1.29 is 17.8 Å². The number of aliphatic imine (C=N–C) groups is 1. The standard InChI is InChI=1S/C13H12F3N3OS/c1-7-9(6-17-12-8(2)18-20-19-12)4-5-10(11(7)21-3)13(14,15)16/h4-6H,1-3H3/b17-6+. The number of benzene rings is 1. The molecule has 0 N–H and O–H groups in total. The predicted molar refractivity (Wildman–Crippen MR) is 74.3 cm³/mol. The summed E-state index contributed by atoms with van der Waals surface area (Å²) in [6.07, 6.45) is -1.29. The fraction of sp³-hybridized carbons (Fsp3) is 0.308. The van der Waals surface area contributed by atoms with Crippen molar-refractivity contribution in [3.63, 3.8) is 0 Å². The number of rotatable bonds is 3. The molecule has 0 bridgehead atoms. The molecule has 8 heteroatoms. The van der Waals surface area contributed by atoms with Crippen LogP contribution in [0.15, 0.2) is 26.6 Å². The molecule has 21 heavy (non-hydrogen) atoms. The number of halogens is 3. The van der Waals surface area contributed by atoms with E-state index in [1.807, 2.05) is 0 Å². The first-order valence-electron chi connectivity index (χ1n) is 5.92. The summed E-state index contributed by atoms with van der Waals surface area (Å²) in [6, 6.07) is 2.46. The van der Waals surface area contributed by atoms with Gasteiger partial charge in [-0.2, -0.15) is 13.2 Å². The summed E-state index contributed by atoms with van der Waals surface area (Å²) in [7, 11) is 0. The molecule has 0 radical (unpaired) electrons. The van der Waals surface area contributed by atoms with Crippen molar-refractivity contribution in [2.75, 3.05) is 6.26 Å². The summed E-state index contributed by atoms with van der Waals surface area (Å²) in [6.45, 7) is 3.31. The maximum atomic E-state index is 12.9. The lowest BCUT2D eigenvalue weighted by atomic mass is 10.1. The van der Waals surface area contributed by atoms with Crippen LogP contribution < -0.4 is 0 Å². The Bertz CT molecular complexity index is 680. The van der Waals surface area contributed by atoms with Crippen molar-refractivity contribution in [2.24, 2.45) is 4.99 Å². The van der Waals surface area contributed by atoms with E-state index in [-0.39, 0.29) is 4.90 Å². The predicted octanol–water partition coefficient (Wildman–Crippen LogP) is 4.18. The van der Waals surface area contributed by atoms with Gasteiger partial charge in [-0.3, -0.25) is 0 Å². The van der Waals surface area contributed by atoms with Gasteiger partial charge >= 0.3 is 6.18 Å². The molecule has 0 saturated heterocycles. The Labute approximate surface area is 123 Å². The second-order valence-electron chi connectivity index (χ2n) is 4.29. The van der Waals surface area contributed by atoms with E-state index in [4.69, 9.17) is 0 Å². The summed E-state index contributed by atoms with van der Waals surface area (Å²) in [5, 5.41) is 7.17. The SMILES string of the molecule is CSc1c(C(F)(F)F)ccc(/C=N/c2nonc2C)c1C. The summed E-state index contributed by atoms with van der Waals surface area (Å²) in [5.41, 5.74) is 0.995. The smallest absolute Gasteiger partial charge is 0.242 e. The third kappa shape index (κ3) is 3.26. The molecule has 0 atom stereocenters. The van der Waals surface area contributed by atoms with E-state index in [1.165, 1.54) is 12.3 Å². The molecule has 0 aliphatic heterocycles. The Morgan fingerprint density at radius 1 is 1.24 bits per heavy atom. The average Bonchev–Trinajstić information content (AvgIpc) is 2.81. The summed E-state index contributed by atoms with van der Waals surface area (Å²) in [4.78, 5) is 4.28. The minimum atomic E-state index is -4.37. The van der Waals surface area contributed by atoms with Crippen LogP contribution in [0.25, 0.3) is 0 Å². The summed E-state index contributed by atoms with van der Waals surface area (Å²) < 4.78 is 43.3. The Hall–Kier alpha value is -1.83. The van der Waals surface area contributed by atoms with E-state index >= 15 is 0 Å². The van der Waals surface area contributed by atoms with Crippen molar-refractivity contribution in [3.05, 3.63) is 34.5 Å². The van der Waals surface area contributed by atoms with Crippen molar-refractivity contribution in [2.45, 2.75) is 24.9 Å². The van der Waals surface area contributed by atoms with E-state index in [0.717, 1.165) is 17.8 Å². The van der Waals surface area contributed by atoms with Gasteiger partial charge in [-0.15, -0.1) is 11.8 Å². The lowest BCUT2D eigenvalue weighted by molar-refractivity contribution is -0.139. The molecule has 2 rings (SSSR count). The van der Waals surface area contributed by atoms with E-state index in [2.05, 4.69) is 19.9 Å². The van der Waals surface area contributed by atoms with Crippen LogP contribution >= 0.6 is 11.8 Å². The molecule has 1 heterocycles. The molecule has 0 saturated carbocycles. The first-order valence-corrected chi connectivity index (χ1v) is 7.15. The van der Waals surface area contributed by atoms with Gasteiger partial charge in [-0.1, -0.05) is 11.2 Å². The van der Waals surface area contributed by atoms with Gasteiger partial charge < -0.3 is 0 Å². The Morgan fingerprint density at radius 3 is 2.48 bits per heavy atom. The molecule has 1 aromatic carbocycles. The normalized spacial score (nSPS) is 12.3. The molecule has 0 unspecified atom stereocenters. The Morgan fingerprint density at radius 2 is 1.95 bits per heavy atom. The van der Waals surface area contributed by atoms with Crippen LogP contribution in [0.1, 0.15) is 22.4 Å². The molecule has 2 aromatic rings. The lowest BCUT2D eigenvalue weighted by Crippen LogP contribution is -2.08. The van der Waals surface area contributed by atoms with Crippen LogP contribution in [0.4, 0.5) is 19.0 Å². The first kappa shape index (κ1) is 15.6. The molecule has 112 valence electrons. The van der Waals surface area contributed by atoms with Gasteiger partial charge in [-0.05, 0) is 42.5 Å². The topological polar surface area (TPSA) is 51.3 Å².